The first-order chi connectivity index (χ1) is 11.5. The lowest BCUT2D eigenvalue weighted by atomic mass is 10.0. The number of rotatable bonds is 7. The van der Waals surface area contributed by atoms with Gasteiger partial charge in [0.1, 0.15) is 11.8 Å². The van der Waals surface area contributed by atoms with E-state index in [2.05, 4.69) is 20.9 Å². The molecule has 0 spiro atoms. The molecule has 3 unspecified atom stereocenters. The van der Waals surface area contributed by atoms with Crippen molar-refractivity contribution in [1.82, 2.24) is 15.6 Å². The van der Waals surface area contributed by atoms with Crippen LogP contribution in [0.1, 0.15) is 37.2 Å². The second kappa shape index (κ2) is 8.75. The summed E-state index contributed by atoms with van der Waals surface area (Å²) >= 11 is 0. The summed E-state index contributed by atoms with van der Waals surface area (Å²) in [7, 11) is 1.87. The number of nitrogens with zero attached hydrogens (tertiary/aromatic N) is 1. The van der Waals surface area contributed by atoms with E-state index in [0.717, 1.165) is 19.4 Å². The van der Waals surface area contributed by atoms with Crippen molar-refractivity contribution in [3.05, 3.63) is 24.0 Å². The largest absolute Gasteiger partial charge is 0.365 e. The maximum atomic E-state index is 12.3. The van der Waals surface area contributed by atoms with Crippen molar-refractivity contribution in [2.45, 2.75) is 38.9 Å². The van der Waals surface area contributed by atoms with Crippen molar-refractivity contribution in [1.29, 1.82) is 0 Å². The van der Waals surface area contributed by atoms with Gasteiger partial charge in [-0.2, -0.15) is 0 Å². The lowest BCUT2D eigenvalue weighted by molar-refractivity contribution is -0.127. The van der Waals surface area contributed by atoms with Crippen LogP contribution in [0.2, 0.25) is 0 Å². The third-order valence-electron chi connectivity index (χ3n) is 4.01. The number of hydrogen-bond donors (Lipinski definition) is 3. The predicted molar refractivity (Wildman–Crippen MR) is 91.9 cm³/mol. The summed E-state index contributed by atoms with van der Waals surface area (Å²) in [6, 6.07) is 3.24. The van der Waals surface area contributed by atoms with E-state index in [9.17, 15) is 9.59 Å². The van der Waals surface area contributed by atoms with E-state index >= 15 is 0 Å². The summed E-state index contributed by atoms with van der Waals surface area (Å²) in [4.78, 5) is 28.5. The second-order valence-corrected chi connectivity index (χ2v) is 6.21. The summed E-state index contributed by atoms with van der Waals surface area (Å²) in [5.74, 6) is -0.253. The third kappa shape index (κ3) is 5.01. The molecule has 1 saturated heterocycles. The number of carbonyl (C=O) groups excluding carboxylic acids is 2. The molecule has 0 aliphatic carbocycles. The molecule has 7 nitrogen and oxygen atoms in total. The average molecular weight is 334 g/mol. The van der Waals surface area contributed by atoms with Crippen molar-refractivity contribution >= 4 is 17.5 Å². The molecular formula is C17H26N4O3. The Morgan fingerprint density at radius 1 is 1.33 bits per heavy atom. The number of hydrogen-bond acceptors (Lipinski definition) is 5. The molecule has 0 aromatic carbocycles. The van der Waals surface area contributed by atoms with Gasteiger partial charge in [0.15, 0.2) is 0 Å². The maximum Gasteiger partial charge on any atom is 0.269 e. The molecule has 2 amide bonds. The molecule has 1 aromatic rings. The van der Waals surface area contributed by atoms with Gasteiger partial charge in [-0.05, 0) is 51.4 Å². The Hall–Kier alpha value is -1.99. The van der Waals surface area contributed by atoms with Crippen LogP contribution >= 0.6 is 0 Å². The molecule has 3 N–H and O–H groups in total. The zero-order valence-electron chi connectivity index (χ0n) is 14.5. The second-order valence-electron chi connectivity index (χ2n) is 6.21. The number of aromatic nitrogens is 1. The predicted octanol–water partition coefficient (Wildman–Crippen LogP) is 1.17. The Labute approximate surface area is 142 Å². The van der Waals surface area contributed by atoms with Crippen molar-refractivity contribution in [2.24, 2.45) is 5.92 Å². The summed E-state index contributed by atoms with van der Waals surface area (Å²) < 4.78 is 5.65. The van der Waals surface area contributed by atoms with Crippen molar-refractivity contribution in [3.63, 3.8) is 0 Å². The highest BCUT2D eigenvalue weighted by Gasteiger charge is 2.35. The topological polar surface area (TPSA) is 92.3 Å². The molecule has 0 bridgehead atoms. The maximum absolute atomic E-state index is 12.3. The number of amides is 2. The van der Waals surface area contributed by atoms with E-state index in [-0.39, 0.29) is 29.5 Å². The van der Waals surface area contributed by atoms with Crippen LogP contribution in [0.5, 0.6) is 0 Å². The van der Waals surface area contributed by atoms with E-state index in [1.807, 2.05) is 20.9 Å². The highest BCUT2D eigenvalue weighted by molar-refractivity contribution is 5.97. The van der Waals surface area contributed by atoms with Gasteiger partial charge in [-0.1, -0.05) is 6.92 Å². The Bertz CT molecular complexity index is 579. The molecule has 132 valence electrons. The monoisotopic (exact) mass is 334 g/mol. The van der Waals surface area contributed by atoms with E-state index in [0.29, 0.717) is 12.2 Å². The summed E-state index contributed by atoms with van der Waals surface area (Å²) in [6.07, 6.45) is 2.86. The van der Waals surface area contributed by atoms with Gasteiger partial charge in [0.2, 0.25) is 0 Å². The summed E-state index contributed by atoms with van der Waals surface area (Å²) in [6.45, 7) is 5.38. The molecule has 7 heteroatoms. The first-order valence-corrected chi connectivity index (χ1v) is 8.36. The zero-order chi connectivity index (χ0) is 17.5. The number of ether oxygens (including phenoxy) is 1. The van der Waals surface area contributed by atoms with Gasteiger partial charge in [0.05, 0.1) is 6.10 Å². The van der Waals surface area contributed by atoms with Crippen molar-refractivity contribution in [2.75, 3.05) is 25.5 Å². The van der Waals surface area contributed by atoms with E-state index < -0.39 is 6.10 Å². The average Bonchev–Trinajstić information content (AvgIpc) is 2.90. The van der Waals surface area contributed by atoms with Crippen LogP contribution in [0.4, 0.5) is 5.69 Å². The molecule has 2 heterocycles. The third-order valence-corrected chi connectivity index (χ3v) is 4.01. The highest BCUT2D eigenvalue weighted by Crippen LogP contribution is 2.26. The smallest absolute Gasteiger partial charge is 0.269 e. The quantitative estimate of drug-likeness (QED) is 0.651. The van der Waals surface area contributed by atoms with E-state index in [1.165, 1.54) is 6.20 Å². The van der Waals surface area contributed by atoms with Gasteiger partial charge >= 0.3 is 0 Å². The fourth-order valence-electron chi connectivity index (χ4n) is 2.81. The summed E-state index contributed by atoms with van der Waals surface area (Å²) in [5, 5.41) is 8.63. The van der Waals surface area contributed by atoms with Crippen LogP contribution in [0.25, 0.3) is 0 Å². The fourth-order valence-corrected chi connectivity index (χ4v) is 2.81. The standard InChI is InChI=1S/C17H26N4O3/c1-11-9-12(2)24-15(11)17(23)21-13-5-8-19-14(10-13)16(22)20-7-4-6-18-3/h5,8,10-12,15,18H,4,6-7,9H2,1-3H3,(H,20,22)(H,19,21,23). The van der Waals surface area contributed by atoms with Crippen LogP contribution in [0, 0.1) is 5.92 Å². The van der Waals surface area contributed by atoms with E-state index in [1.54, 1.807) is 12.1 Å². The van der Waals surface area contributed by atoms with Gasteiger partial charge in [-0.3, -0.25) is 14.6 Å². The van der Waals surface area contributed by atoms with Gasteiger partial charge < -0.3 is 20.7 Å². The SMILES string of the molecule is CNCCCNC(=O)c1cc(NC(=O)C2OC(C)CC2C)ccn1. The van der Waals surface area contributed by atoms with Gasteiger partial charge in [-0.15, -0.1) is 0 Å². The van der Waals surface area contributed by atoms with Crippen LogP contribution in [-0.4, -0.2) is 49.1 Å². The van der Waals surface area contributed by atoms with Crippen molar-refractivity contribution in [3.8, 4) is 0 Å². The van der Waals surface area contributed by atoms with Crippen molar-refractivity contribution < 1.29 is 14.3 Å². The van der Waals surface area contributed by atoms with E-state index in [4.69, 9.17) is 4.74 Å². The Kier molecular flexibility index (Phi) is 6.69. The lowest BCUT2D eigenvalue weighted by Gasteiger charge is -2.15. The molecule has 0 radical (unpaired) electrons. The normalized spacial score (nSPS) is 23.0. The molecule has 0 saturated carbocycles. The number of anilines is 1. The Morgan fingerprint density at radius 3 is 2.79 bits per heavy atom. The molecule has 24 heavy (non-hydrogen) atoms. The van der Waals surface area contributed by atoms with Crippen LogP contribution < -0.4 is 16.0 Å². The molecule has 1 fully saturated rings. The highest BCUT2D eigenvalue weighted by atomic mass is 16.5. The fraction of sp³-hybridized carbons (Fsp3) is 0.588. The minimum absolute atomic E-state index is 0.0899. The molecule has 2 rings (SSSR count). The summed E-state index contributed by atoms with van der Waals surface area (Å²) in [5.41, 5.74) is 0.830. The molecule has 1 aliphatic heterocycles. The minimum Gasteiger partial charge on any atom is -0.365 e. The van der Waals surface area contributed by atoms with Gasteiger partial charge in [-0.25, -0.2) is 0 Å². The molecular weight excluding hydrogens is 308 g/mol. The number of nitrogens with one attached hydrogen (secondary N) is 3. The Morgan fingerprint density at radius 2 is 2.12 bits per heavy atom. The number of pyridine rings is 1. The van der Waals surface area contributed by atoms with Crippen LogP contribution in [0.15, 0.2) is 18.3 Å². The van der Waals surface area contributed by atoms with Gasteiger partial charge in [0.25, 0.3) is 11.8 Å². The van der Waals surface area contributed by atoms with Crippen LogP contribution in [-0.2, 0) is 9.53 Å². The Balaban J connectivity index is 1.92. The molecule has 1 aliphatic rings. The molecule has 1 aromatic heterocycles. The first-order valence-electron chi connectivity index (χ1n) is 8.36. The lowest BCUT2D eigenvalue weighted by Crippen LogP contribution is -2.32. The van der Waals surface area contributed by atoms with Gasteiger partial charge in [0, 0.05) is 18.4 Å². The minimum atomic E-state index is -0.452. The van der Waals surface area contributed by atoms with Crippen LogP contribution in [0.3, 0.4) is 0 Å². The zero-order valence-corrected chi connectivity index (χ0v) is 14.5. The number of carbonyl (C=O) groups is 2. The first kappa shape index (κ1) is 18.4. The molecule has 3 atom stereocenters.